The smallest absolute Gasteiger partial charge is 0.188 e. The Morgan fingerprint density at radius 3 is 2.76 bits per heavy atom. The molecule has 0 aromatic heterocycles. The second-order valence-electron chi connectivity index (χ2n) is 3.00. The van der Waals surface area contributed by atoms with Crippen LogP contribution < -0.4 is 4.74 Å². The van der Waals surface area contributed by atoms with Crippen molar-refractivity contribution in [3.63, 3.8) is 0 Å². The monoisotopic (exact) mass is 239 g/mol. The van der Waals surface area contributed by atoms with Crippen molar-refractivity contribution in [3.05, 3.63) is 23.3 Å². The van der Waals surface area contributed by atoms with Crippen LogP contribution in [-0.4, -0.2) is 38.6 Å². The van der Waals surface area contributed by atoms with E-state index in [2.05, 4.69) is 9.99 Å². The number of aldehydes is 1. The molecule has 1 N–H and O–H groups in total. The van der Waals surface area contributed by atoms with Gasteiger partial charge in [-0.25, -0.2) is 0 Å². The zero-order valence-corrected chi connectivity index (χ0v) is 9.54. The predicted octanol–water partition coefficient (Wildman–Crippen LogP) is 1.17. The van der Waals surface area contributed by atoms with E-state index in [0.29, 0.717) is 12.0 Å². The highest BCUT2D eigenvalue weighted by Crippen LogP contribution is 2.29. The minimum atomic E-state index is -0.214. The van der Waals surface area contributed by atoms with Gasteiger partial charge < -0.3 is 19.4 Å². The lowest BCUT2D eigenvalue weighted by atomic mass is 10.1. The summed E-state index contributed by atoms with van der Waals surface area (Å²) in [5.74, 6) is 0.130. The zero-order chi connectivity index (χ0) is 12.7. The average molecular weight is 239 g/mol. The van der Waals surface area contributed by atoms with Crippen LogP contribution in [0.4, 0.5) is 0 Å². The predicted molar refractivity (Wildman–Crippen MR) is 60.6 cm³/mol. The van der Waals surface area contributed by atoms with Gasteiger partial charge in [-0.2, -0.15) is 0 Å². The molecule has 0 radical (unpaired) electrons. The Bertz CT molecular complexity index is 417. The minimum absolute atomic E-state index is 0.0215. The van der Waals surface area contributed by atoms with Gasteiger partial charge in [0.05, 0.1) is 17.3 Å². The van der Waals surface area contributed by atoms with Crippen LogP contribution in [0.5, 0.6) is 11.5 Å². The third kappa shape index (κ3) is 3.18. The van der Waals surface area contributed by atoms with Crippen LogP contribution in [0.3, 0.4) is 0 Å². The van der Waals surface area contributed by atoms with Gasteiger partial charge >= 0.3 is 0 Å². The standard InChI is InChI=1S/C11H13NO5/c1-15-7-17-10-4-3-8(6-13)11(14)9(10)5-12-16-2/h3-6,14H,7H2,1-2H3/b12-5+. The molecule has 0 fully saturated rings. The van der Waals surface area contributed by atoms with Gasteiger partial charge in [0.2, 0.25) is 0 Å². The number of ether oxygens (including phenoxy) is 2. The van der Waals surface area contributed by atoms with Crippen molar-refractivity contribution in [3.8, 4) is 11.5 Å². The first-order valence-corrected chi connectivity index (χ1v) is 4.74. The number of methoxy groups -OCH3 is 1. The molecule has 1 rings (SSSR count). The molecule has 0 spiro atoms. The number of hydrogen-bond acceptors (Lipinski definition) is 6. The van der Waals surface area contributed by atoms with Gasteiger partial charge in [0.15, 0.2) is 13.1 Å². The molecule has 0 saturated heterocycles. The van der Waals surface area contributed by atoms with Gasteiger partial charge in [-0.05, 0) is 12.1 Å². The van der Waals surface area contributed by atoms with E-state index in [0.717, 1.165) is 0 Å². The molecule has 0 aliphatic carbocycles. The number of carbonyl (C=O) groups excluding carboxylic acids is 1. The quantitative estimate of drug-likeness (QED) is 0.349. The van der Waals surface area contributed by atoms with Crippen molar-refractivity contribution < 1.29 is 24.2 Å². The van der Waals surface area contributed by atoms with Crippen molar-refractivity contribution in [2.24, 2.45) is 5.16 Å². The lowest BCUT2D eigenvalue weighted by molar-refractivity contribution is 0.0508. The van der Waals surface area contributed by atoms with Crippen LogP contribution in [0.2, 0.25) is 0 Å². The summed E-state index contributed by atoms with van der Waals surface area (Å²) < 4.78 is 9.97. The number of oxime groups is 1. The van der Waals surface area contributed by atoms with Gasteiger partial charge in [-0.3, -0.25) is 4.79 Å². The lowest BCUT2D eigenvalue weighted by Crippen LogP contribution is -2.02. The molecule has 0 aliphatic rings. The van der Waals surface area contributed by atoms with E-state index in [1.165, 1.54) is 26.5 Å². The number of phenolic OH excluding ortho intramolecular Hbond substituents is 1. The maximum absolute atomic E-state index is 10.7. The summed E-state index contributed by atoms with van der Waals surface area (Å²) in [6.45, 7) is 0.0215. The lowest BCUT2D eigenvalue weighted by Gasteiger charge is -2.10. The van der Waals surface area contributed by atoms with Crippen molar-refractivity contribution in [1.82, 2.24) is 0 Å². The maximum atomic E-state index is 10.7. The van der Waals surface area contributed by atoms with Gasteiger partial charge in [-0.15, -0.1) is 0 Å². The van der Waals surface area contributed by atoms with E-state index in [-0.39, 0.29) is 23.7 Å². The van der Waals surface area contributed by atoms with E-state index in [1.54, 1.807) is 6.07 Å². The molecule has 0 unspecified atom stereocenters. The summed E-state index contributed by atoms with van der Waals surface area (Å²) in [4.78, 5) is 15.2. The normalized spacial score (nSPS) is 10.5. The number of aromatic hydroxyl groups is 1. The van der Waals surface area contributed by atoms with Crippen molar-refractivity contribution in [1.29, 1.82) is 0 Å². The summed E-state index contributed by atoms with van der Waals surface area (Å²) in [6, 6.07) is 2.98. The van der Waals surface area contributed by atoms with Gasteiger partial charge in [0, 0.05) is 7.11 Å². The van der Waals surface area contributed by atoms with Crippen molar-refractivity contribution in [2.45, 2.75) is 0 Å². The van der Waals surface area contributed by atoms with Crippen LogP contribution in [0.25, 0.3) is 0 Å². The Morgan fingerprint density at radius 1 is 1.41 bits per heavy atom. The molecule has 0 bridgehead atoms. The van der Waals surface area contributed by atoms with Gasteiger partial charge in [-0.1, -0.05) is 5.16 Å². The number of benzene rings is 1. The molecule has 6 heteroatoms. The Kier molecular flexibility index (Phi) is 4.96. The molecule has 0 aliphatic heterocycles. The molecule has 0 heterocycles. The maximum Gasteiger partial charge on any atom is 0.188 e. The van der Waals surface area contributed by atoms with E-state index in [9.17, 15) is 9.90 Å². The third-order valence-electron chi connectivity index (χ3n) is 1.95. The van der Waals surface area contributed by atoms with Gasteiger partial charge in [0.25, 0.3) is 0 Å². The largest absolute Gasteiger partial charge is 0.506 e. The summed E-state index contributed by atoms with van der Waals surface area (Å²) in [7, 11) is 2.84. The Labute approximate surface area is 98.4 Å². The highest BCUT2D eigenvalue weighted by atomic mass is 16.7. The fourth-order valence-corrected chi connectivity index (χ4v) is 1.18. The van der Waals surface area contributed by atoms with E-state index >= 15 is 0 Å². The molecule has 1 aromatic carbocycles. The SMILES string of the molecule is COCOc1ccc(C=O)c(O)c1/C=N/OC. The second kappa shape index (κ2) is 6.49. The fraction of sp³-hybridized carbons (Fsp3) is 0.273. The van der Waals surface area contributed by atoms with Crippen LogP contribution in [0.1, 0.15) is 15.9 Å². The first-order valence-electron chi connectivity index (χ1n) is 4.74. The molecule has 92 valence electrons. The second-order valence-corrected chi connectivity index (χ2v) is 3.00. The number of nitrogens with zero attached hydrogens (tertiary/aromatic N) is 1. The molecular weight excluding hydrogens is 226 g/mol. The van der Waals surface area contributed by atoms with Crippen LogP contribution in [0.15, 0.2) is 17.3 Å². The molecule has 0 atom stereocenters. The highest BCUT2D eigenvalue weighted by Gasteiger charge is 2.12. The topological polar surface area (TPSA) is 77.4 Å². The third-order valence-corrected chi connectivity index (χ3v) is 1.95. The zero-order valence-electron chi connectivity index (χ0n) is 9.54. The Hall–Kier alpha value is -2.08. The molecule has 0 saturated carbocycles. The molecule has 6 nitrogen and oxygen atoms in total. The first kappa shape index (κ1) is 13.0. The minimum Gasteiger partial charge on any atom is -0.506 e. The Morgan fingerprint density at radius 2 is 2.18 bits per heavy atom. The number of hydrogen-bond donors (Lipinski definition) is 1. The molecule has 17 heavy (non-hydrogen) atoms. The fourth-order valence-electron chi connectivity index (χ4n) is 1.18. The van der Waals surface area contributed by atoms with Crippen molar-refractivity contribution in [2.75, 3.05) is 21.0 Å². The average Bonchev–Trinajstić information content (AvgIpc) is 2.35. The van der Waals surface area contributed by atoms with E-state index in [1.807, 2.05) is 0 Å². The Balaban J connectivity index is 3.15. The van der Waals surface area contributed by atoms with E-state index in [4.69, 9.17) is 9.47 Å². The number of carbonyl (C=O) groups is 1. The van der Waals surface area contributed by atoms with Crippen LogP contribution in [-0.2, 0) is 9.57 Å². The summed E-state index contributed by atoms with van der Waals surface area (Å²) in [5.41, 5.74) is 0.404. The number of rotatable bonds is 6. The molecular formula is C11H13NO5. The van der Waals surface area contributed by atoms with E-state index < -0.39 is 0 Å². The summed E-state index contributed by atoms with van der Waals surface area (Å²) in [5, 5.41) is 13.3. The van der Waals surface area contributed by atoms with Gasteiger partial charge in [0.1, 0.15) is 18.6 Å². The highest BCUT2D eigenvalue weighted by molar-refractivity contribution is 5.92. The number of phenols is 1. The first-order chi connectivity index (χ1) is 8.24. The van der Waals surface area contributed by atoms with Crippen molar-refractivity contribution >= 4 is 12.5 Å². The van der Waals surface area contributed by atoms with Crippen LogP contribution in [0, 0.1) is 0 Å². The molecule has 1 aromatic rings. The molecule has 0 amide bonds. The summed E-state index contributed by atoms with van der Waals surface area (Å²) >= 11 is 0. The summed E-state index contributed by atoms with van der Waals surface area (Å²) in [6.07, 6.45) is 1.80. The van der Waals surface area contributed by atoms with Crippen LogP contribution >= 0.6 is 0 Å².